The molecular weight excluding hydrogens is 432 g/mol. The Kier molecular flexibility index (Phi) is 4.00. The van der Waals surface area contributed by atoms with Gasteiger partial charge in [-0.25, -0.2) is 0 Å². The average molecular weight is 449 g/mol. The molecule has 0 aliphatic carbocycles. The van der Waals surface area contributed by atoms with Gasteiger partial charge in [0.1, 0.15) is 11.2 Å². The topological polar surface area (TPSA) is 13.1 Å². The second-order valence-electron chi connectivity index (χ2n) is 7.50. The van der Waals surface area contributed by atoms with Crippen molar-refractivity contribution in [3.63, 3.8) is 0 Å². The molecule has 1 aromatic heterocycles. The van der Waals surface area contributed by atoms with Gasteiger partial charge in [0.2, 0.25) is 0 Å². The summed E-state index contributed by atoms with van der Waals surface area (Å²) in [5.41, 5.74) is 6.73. The van der Waals surface area contributed by atoms with Crippen LogP contribution >= 0.6 is 15.9 Å². The summed E-state index contributed by atoms with van der Waals surface area (Å²) in [5, 5.41) is 4.77. The molecule has 0 atom stereocenters. The number of hydrogen-bond acceptors (Lipinski definition) is 1. The third-order valence-electron chi connectivity index (χ3n) is 5.76. The number of fused-ring (bicyclic) bond motifs is 4. The fourth-order valence-corrected chi connectivity index (χ4v) is 4.93. The zero-order valence-electron chi connectivity index (χ0n) is 16.1. The van der Waals surface area contributed by atoms with Crippen LogP contribution in [-0.4, -0.2) is 0 Å². The van der Waals surface area contributed by atoms with Gasteiger partial charge in [-0.3, -0.25) is 0 Å². The number of halogens is 1. The monoisotopic (exact) mass is 448 g/mol. The minimum Gasteiger partial charge on any atom is -0.456 e. The summed E-state index contributed by atoms with van der Waals surface area (Å²) >= 11 is 3.69. The van der Waals surface area contributed by atoms with E-state index in [4.69, 9.17) is 4.42 Å². The van der Waals surface area contributed by atoms with Gasteiger partial charge in [-0.2, -0.15) is 0 Å². The van der Waals surface area contributed by atoms with Gasteiger partial charge in [0.05, 0.1) is 0 Å². The minimum atomic E-state index is 0.904. The van der Waals surface area contributed by atoms with Crippen LogP contribution in [-0.2, 0) is 0 Å². The molecular formula is C28H17BrO. The molecule has 0 aliphatic rings. The zero-order chi connectivity index (χ0) is 20.1. The molecule has 0 fully saturated rings. The van der Waals surface area contributed by atoms with Crippen molar-refractivity contribution in [2.24, 2.45) is 0 Å². The lowest BCUT2D eigenvalue weighted by Gasteiger charge is -2.12. The first-order valence-electron chi connectivity index (χ1n) is 9.98. The van der Waals surface area contributed by atoms with Crippen LogP contribution in [0, 0.1) is 0 Å². The predicted octanol–water partition coefficient (Wildman–Crippen LogP) is 8.84. The molecule has 0 unspecified atom stereocenters. The molecule has 30 heavy (non-hydrogen) atoms. The Morgan fingerprint density at radius 1 is 0.500 bits per heavy atom. The smallest absolute Gasteiger partial charge is 0.136 e. The van der Waals surface area contributed by atoms with Crippen LogP contribution in [0.1, 0.15) is 0 Å². The number of rotatable bonds is 2. The van der Waals surface area contributed by atoms with Crippen molar-refractivity contribution >= 4 is 48.6 Å². The normalized spacial score (nSPS) is 11.5. The van der Waals surface area contributed by atoms with E-state index in [1.807, 2.05) is 12.1 Å². The van der Waals surface area contributed by atoms with E-state index in [1.165, 1.54) is 33.0 Å². The summed E-state index contributed by atoms with van der Waals surface area (Å²) in [7, 11) is 0. The third kappa shape index (κ3) is 2.68. The van der Waals surface area contributed by atoms with Crippen molar-refractivity contribution in [1.82, 2.24) is 0 Å². The summed E-state index contributed by atoms with van der Waals surface area (Å²) in [5.74, 6) is 0. The van der Waals surface area contributed by atoms with Crippen LogP contribution in [0.25, 0.3) is 55.0 Å². The van der Waals surface area contributed by atoms with Gasteiger partial charge in [-0.15, -0.1) is 0 Å². The Labute approximate surface area is 182 Å². The van der Waals surface area contributed by atoms with Gasteiger partial charge in [-0.05, 0) is 57.3 Å². The lowest BCUT2D eigenvalue weighted by Crippen LogP contribution is -1.86. The quantitative estimate of drug-likeness (QED) is 0.257. The van der Waals surface area contributed by atoms with Gasteiger partial charge in [0.25, 0.3) is 0 Å². The van der Waals surface area contributed by atoms with Crippen LogP contribution in [0.15, 0.2) is 112 Å². The molecule has 0 spiro atoms. The number of benzene rings is 5. The number of furan rings is 1. The van der Waals surface area contributed by atoms with E-state index in [0.717, 1.165) is 26.4 Å². The molecule has 5 aromatic carbocycles. The Morgan fingerprint density at radius 2 is 1.20 bits per heavy atom. The van der Waals surface area contributed by atoms with E-state index < -0.39 is 0 Å². The maximum Gasteiger partial charge on any atom is 0.136 e. The summed E-state index contributed by atoms with van der Waals surface area (Å²) < 4.78 is 7.11. The van der Waals surface area contributed by atoms with Crippen LogP contribution in [0.5, 0.6) is 0 Å². The Morgan fingerprint density at radius 3 is 1.97 bits per heavy atom. The van der Waals surface area contributed by atoms with E-state index in [9.17, 15) is 0 Å². The van der Waals surface area contributed by atoms with Crippen molar-refractivity contribution in [1.29, 1.82) is 0 Å². The molecule has 6 aromatic rings. The van der Waals surface area contributed by atoms with Gasteiger partial charge in [0, 0.05) is 15.2 Å². The Bertz CT molecular complexity index is 1540. The fourth-order valence-electron chi connectivity index (χ4n) is 4.37. The molecule has 142 valence electrons. The second kappa shape index (κ2) is 6.86. The van der Waals surface area contributed by atoms with E-state index in [-0.39, 0.29) is 0 Å². The van der Waals surface area contributed by atoms with E-state index in [0.29, 0.717) is 0 Å². The average Bonchev–Trinajstić information content (AvgIpc) is 3.18. The van der Waals surface area contributed by atoms with E-state index in [1.54, 1.807) is 0 Å². The summed E-state index contributed by atoms with van der Waals surface area (Å²) in [6.07, 6.45) is 0. The van der Waals surface area contributed by atoms with Crippen molar-refractivity contribution in [2.45, 2.75) is 0 Å². The Balaban J connectivity index is 1.62. The van der Waals surface area contributed by atoms with E-state index >= 15 is 0 Å². The second-order valence-corrected chi connectivity index (χ2v) is 8.35. The molecule has 2 heteroatoms. The van der Waals surface area contributed by atoms with Crippen LogP contribution in [0.4, 0.5) is 0 Å². The molecule has 1 nitrogen and oxygen atoms in total. The van der Waals surface area contributed by atoms with Crippen molar-refractivity contribution < 1.29 is 4.42 Å². The van der Waals surface area contributed by atoms with E-state index in [2.05, 4.69) is 107 Å². The first-order chi connectivity index (χ1) is 14.8. The highest BCUT2D eigenvalue weighted by atomic mass is 79.9. The predicted molar refractivity (Wildman–Crippen MR) is 130 cm³/mol. The molecule has 0 N–H and O–H groups in total. The fraction of sp³-hybridized carbons (Fsp3) is 0. The molecule has 0 amide bonds. The first kappa shape index (κ1) is 17.5. The summed E-state index contributed by atoms with van der Waals surface area (Å²) in [6.45, 7) is 0. The van der Waals surface area contributed by atoms with Gasteiger partial charge in [0.15, 0.2) is 0 Å². The maximum atomic E-state index is 6.06. The molecule has 0 saturated heterocycles. The molecule has 1 heterocycles. The minimum absolute atomic E-state index is 0.904. The molecule has 0 aliphatic heterocycles. The van der Waals surface area contributed by atoms with Crippen molar-refractivity contribution in [3.05, 3.63) is 108 Å². The molecule has 0 radical (unpaired) electrons. The summed E-state index contributed by atoms with van der Waals surface area (Å²) in [4.78, 5) is 0. The van der Waals surface area contributed by atoms with Crippen LogP contribution < -0.4 is 0 Å². The highest BCUT2D eigenvalue weighted by Crippen LogP contribution is 2.39. The lowest BCUT2D eigenvalue weighted by atomic mass is 9.92. The zero-order valence-corrected chi connectivity index (χ0v) is 17.7. The van der Waals surface area contributed by atoms with Crippen LogP contribution in [0.3, 0.4) is 0 Å². The first-order valence-corrected chi connectivity index (χ1v) is 10.8. The third-order valence-corrected chi connectivity index (χ3v) is 6.42. The standard InChI is InChI=1S/C28H17BrO/c29-25-11-6-12-27-28(25)24-17-19(13-16-26(24)30-27)21-15-14-20(18-7-2-1-3-8-18)22-9-4-5-10-23(21)22/h1-17H. The maximum absolute atomic E-state index is 6.06. The largest absolute Gasteiger partial charge is 0.456 e. The Hall–Kier alpha value is -3.36. The van der Waals surface area contributed by atoms with Crippen LogP contribution in [0.2, 0.25) is 0 Å². The number of hydrogen-bond donors (Lipinski definition) is 0. The highest BCUT2D eigenvalue weighted by molar-refractivity contribution is 9.10. The molecule has 0 bridgehead atoms. The molecule has 6 rings (SSSR count). The van der Waals surface area contributed by atoms with Crippen molar-refractivity contribution in [2.75, 3.05) is 0 Å². The SMILES string of the molecule is Brc1cccc2oc3ccc(-c4ccc(-c5ccccc5)c5ccccc45)cc3c12. The highest BCUT2D eigenvalue weighted by Gasteiger charge is 2.13. The lowest BCUT2D eigenvalue weighted by molar-refractivity contribution is 0.669. The van der Waals surface area contributed by atoms with Gasteiger partial charge in [-0.1, -0.05) is 94.8 Å². The molecule has 0 saturated carbocycles. The van der Waals surface area contributed by atoms with Crippen molar-refractivity contribution in [3.8, 4) is 22.3 Å². The van der Waals surface area contributed by atoms with Gasteiger partial charge >= 0.3 is 0 Å². The van der Waals surface area contributed by atoms with Gasteiger partial charge < -0.3 is 4.42 Å². The summed E-state index contributed by atoms with van der Waals surface area (Å²) in [6, 6.07) is 36.3.